The Morgan fingerprint density at radius 2 is 2.00 bits per heavy atom. The molecule has 0 aliphatic rings. The maximum Gasteiger partial charge on any atom is 0.0847 e. The fourth-order valence-corrected chi connectivity index (χ4v) is 2.12. The van der Waals surface area contributed by atoms with Crippen molar-refractivity contribution in [3.63, 3.8) is 0 Å². The van der Waals surface area contributed by atoms with Gasteiger partial charge < -0.3 is 5.32 Å². The maximum absolute atomic E-state index is 6.30. The molecule has 1 aromatic heterocycles. The van der Waals surface area contributed by atoms with Crippen LogP contribution in [0.3, 0.4) is 0 Å². The molecule has 0 bridgehead atoms. The lowest BCUT2D eigenvalue weighted by Gasteiger charge is -2.15. The van der Waals surface area contributed by atoms with Crippen LogP contribution in [0.25, 0.3) is 0 Å². The van der Waals surface area contributed by atoms with Crippen molar-refractivity contribution in [1.82, 2.24) is 15.1 Å². The largest absolute Gasteiger partial charge is 0.314 e. The Morgan fingerprint density at radius 1 is 1.35 bits per heavy atom. The summed E-state index contributed by atoms with van der Waals surface area (Å²) in [6.45, 7) is 12.5. The average Bonchev–Trinajstić information content (AvgIpc) is 2.54. The Bertz CT molecular complexity index is 358. The van der Waals surface area contributed by atoms with Gasteiger partial charge in [-0.15, -0.1) is 0 Å². The van der Waals surface area contributed by atoms with Crippen LogP contribution in [0.4, 0.5) is 0 Å². The van der Waals surface area contributed by atoms with Gasteiger partial charge in [-0.25, -0.2) is 0 Å². The molecule has 0 saturated carbocycles. The molecule has 0 amide bonds. The van der Waals surface area contributed by atoms with Crippen molar-refractivity contribution >= 4 is 11.6 Å². The summed E-state index contributed by atoms with van der Waals surface area (Å²) in [5.41, 5.74) is 2.11. The third-order valence-electron chi connectivity index (χ3n) is 2.87. The summed E-state index contributed by atoms with van der Waals surface area (Å²) in [5, 5.41) is 8.73. The van der Waals surface area contributed by atoms with Crippen molar-refractivity contribution in [3.8, 4) is 0 Å². The highest BCUT2D eigenvalue weighted by molar-refractivity contribution is 6.31. The first kappa shape index (κ1) is 14.5. The van der Waals surface area contributed by atoms with Gasteiger partial charge in [0.05, 0.1) is 16.4 Å². The standard InChI is InChI=1S/C13H24ClN3/c1-6-17-12(13(14)11(5)16-17)7-10(4)8-15-9(2)3/h9-10,15H,6-8H2,1-5H3. The van der Waals surface area contributed by atoms with Gasteiger partial charge in [-0.05, 0) is 32.7 Å². The Kier molecular flexibility index (Phi) is 5.47. The van der Waals surface area contributed by atoms with Gasteiger partial charge in [0.15, 0.2) is 0 Å². The van der Waals surface area contributed by atoms with E-state index in [1.54, 1.807) is 0 Å². The Hall–Kier alpha value is -0.540. The molecule has 1 heterocycles. The molecule has 1 atom stereocenters. The van der Waals surface area contributed by atoms with Crippen molar-refractivity contribution in [2.75, 3.05) is 6.54 Å². The number of nitrogens with one attached hydrogen (secondary N) is 1. The minimum atomic E-state index is 0.533. The van der Waals surface area contributed by atoms with Crippen LogP contribution in [-0.2, 0) is 13.0 Å². The molecule has 17 heavy (non-hydrogen) atoms. The molecule has 1 N–H and O–H groups in total. The zero-order chi connectivity index (χ0) is 13.0. The average molecular weight is 258 g/mol. The summed E-state index contributed by atoms with van der Waals surface area (Å²) in [7, 11) is 0. The molecule has 98 valence electrons. The number of halogens is 1. The van der Waals surface area contributed by atoms with Crippen LogP contribution in [0.1, 0.15) is 39.1 Å². The Morgan fingerprint density at radius 3 is 2.53 bits per heavy atom. The highest BCUT2D eigenvalue weighted by atomic mass is 35.5. The third kappa shape index (κ3) is 4.00. The van der Waals surface area contributed by atoms with E-state index in [1.807, 2.05) is 11.6 Å². The van der Waals surface area contributed by atoms with Crippen LogP contribution in [0, 0.1) is 12.8 Å². The Balaban J connectivity index is 2.67. The zero-order valence-corrected chi connectivity index (χ0v) is 12.3. The second-order valence-corrected chi connectivity index (χ2v) is 5.41. The minimum Gasteiger partial charge on any atom is -0.314 e. The highest BCUT2D eigenvalue weighted by Gasteiger charge is 2.15. The normalized spacial score (nSPS) is 13.4. The summed E-state index contributed by atoms with van der Waals surface area (Å²) in [4.78, 5) is 0. The third-order valence-corrected chi connectivity index (χ3v) is 3.36. The highest BCUT2D eigenvalue weighted by Crippen LogP contribution is 2.22. The molecule has 0 fully saturated rings. The number of aromatic nitrogens is 2. The number of hydrogen-bond acceptors (Lipinski definition) is 2. The molecular weight excluding hydrogens is 234 g/mol. The van der Waals surface area contributed by atoms with Crippen molar-refractivity contribution in [1.29, 1.82) is 0 Å². The molecule has 1 unspecified atom stereocenters. The predicted octanol–water partition coefficient (Wildman–Crippen LogP) is 3.04. The van der Waals surface area contributed by atoms with Crippen LogP contribution in [-0.4, -0.2) is 22.4 Å². The summed E-state index contributed by atoms with van der Waals surface area (Å²) in [6.07, 6.45) is 0.979. The van der Waals surface area contributed by atoms with Crippen molar-refractivity contribution in [2.24, 2.45) is 5.92 Å². The van der Waals surface area contributed by atoms with E-state index >= 15 is 0 Å². The van der Waals surface area contributed by atoms with Gasteiger partial charge in [-0.1, -0.05) is 32.4 Å². The summed E-state index contributed by atoms with van der Waals surface area (Å²) in [5.74, 6) is 0.566. The first-order valence-electron chi connectivity index (χ1n) is 6.40. The summed E-state index contributed by atoms with van der Waals surface area (Å²) < 4.78 is 2.02. The minimum absolute atomic E-state index is 0.533. The summed E-state index contributed by atoms with van der Waals surface area (Å²) >= 11 is 6.30. The van der Waals surface area contributed by atoms with Crippen LogP contribution in [0.5, 0.6) is 0 Å². The first-order valence-corrected chi connectivity index (χ1v) is 6.78. The lowest BCUT2D eigenvalue weighted by Crippen LogP contribution is -2.29. The van der Waals surface area contributed by atoms with Gasteiger partial charge in [0, 0.05) is 12.6 Å². The van der Waals surface area contributed by atoms with Crippen LogP contribution >= 0.6 is 11.6 Å². The van der Waals surface area contributed by atoms with Crippen molar-refractivity contribution < 1.29 is 0 Å². The molecular formula is C13H24ClN3. The van der Waals surface area contributed by atoms with E-state index in [2.05, 4.69) is 38.1 Å². The molecule has 4 heteroatoms. The molecule has 0 aliphatic heterocycles. The molecule has 0 spiro atoms. The Labute approximate surface area is 110 Å². The molecule has 1 rings (SSSR count). The molecule has 0 aromatic carbocycles. The van der Waals surface area contributed by atoms with Gasteiger partial charge in [0.2, 0.25) is 0 Å². The lowest BCUT2D eigenvalue weighted by atomic mass is 10.0. The van der Waals surface area contributed by atoms with Crippen LogP contribution in [0.15, 0.2) is 0 Å². The zero-order valence-electron chi connectivity index (χ0n) is 11.5. The molecule has 0 aliphatic carbocycles. The fraction of sp³-hybridized carbons (Fsp3) is 0.769. The van der Waals surface area contributed by atoms with Crippen LogP contribution in [0.2, 0.25) is 5.02 Å². The number of nitrogens with zero attached hydrogens (tertiary/aromatic N) is 2. The van der Waals surface area contributed by atoms with Gasteiger partial charge in [0.25, 0.3) is 0 Å². The van der Waals surface area contributed by atoms with Crippen LogP contribution < -0.4 is 5.32 Å². The van der Waals surface area contributed by atoms with Gasteiger partial charge in [-0.3, -0.25) is 4.68 Å². The summed E-state index contributed by atoms with van der Waals surface area (Å²) in [6, 6.07) is 0.533. The molecule has 1 aromatic rings. The van der Waals surface area contributed by atoms with Gasteiger partial charge >= 0.3 is 0 Å². The monoisotopic (exact) mass is 257 g/mol. The van der Waals surface area contributed by atoms with Crippen molar-refractivity contribution in [3.05, 3.63) is 16.4 Å². The lowest BCUT2D eigenvalue weighted by molar-refractivity contribution is 0.461. The SMILES string of the molecule is CCn1nc(C)c(Cl)c1CC(C)CNC(C)C. The van der Waals surface area contributed by atoms with E-state index in [0.717, 1.165) is 30.2 Å². The van der Waals surface area contributed by atoms with E-state index in [9.17, 15) is 0 Å². The van der Waals surface area contributed by atoms with Gasteiger partial charge in [0.1, 0.15) is 0 Å². The predicted molar refractivity (Wildman–Crippen MR) is 73.7 cm³/mol. The number of hydrogen-bond donors (Lipinski definition) is 1. The van der Waals surface area contributed by atoms with E-state index in [-0.39, 0.29) is 0 Å². The van der Waals surface area contributed by atoms with E-state index in [4.69, 9.17) is 11.6 Å². The quantitative estimate of drug-likeness (QED) is 0.849. The number of aryl methyl sites for hydroxylation is 2. The molecule has 0 saturated heterocycles. The second kappa shape index (κ2) is 6.41. The van der Waals surface area contributed by atoms with Crippen molar-refractivity contribution in [2.45, 2.75) is 53.6 Å². The number of rotatable bonds is 6. The second-order valence-electron chi connectivity index (χ2n) is 5.03. The molecule has 3 nitrogen and oxygen atoms in total. The van der Waals surface area contributed by atoms with E-state index in [1.165, 1.54) is 5.69 Å². The fourth-order valence-electron chi connectivity index (χ4n) is 1.90. The molecule has 0 radical (unpaired) electrons. The van der Waals surface area contributed by atoms with Gasteiger partial charge in [-0.2, -0.15) is 5.10 Å². The van der Waals surface area contributed by atoms with E-state index in [0.29, 0.717) is 12.0 Å². The topological polar surface area (TPSA) is 29.9 Å². The smallest absolute Gasteiger partial charge is 0.0847 e. The maximum atomic E-state index is 6.30. The van der Waals surface area contributed by atoms with E-state index < -0.39 is 0 Å². The first-order chi connectivity index (χ1) is 7.95.